The van der Waals surface area contributed by atoms with E-state index in [1.165, 1.54) is 0 Å². The van der Waals surface area contributed by atoms with E-state index in [0.29, 0.717) is 23.7 Å². The number of carbonyl (C=O) groups is 1. The number of carbonyl (C=O) groups excluding carboxylic acids is 1. The zero-order valence-electron chi connectivity index (χ0n) is 20.5. The van der Waals surface area contributed by atoms with Crippen LogP contribution in [0.25, 0.3) is 16.8 Å². The van der Waals surface area contributed by atoms with Crippen molar-refractivity contribution in [3.05, 3.63) is 101 Å². The monoisotopic (exact) mass is 467 g/mol. The van der Waals surface area contributed by atoms with E-state index >= 15 is 0 Å². The van der Waals surface area contributed by atoms with Gasteiger partial charge in [0.2, 0.25) is 0 Å². The Morgan fingerprint density at radius 1 is 0.943 bits per heavy atom. The number of aromatic nitrogens is 2. The number of fused-ring (bicyclic) bond motifs is 1. The van der Waals surface area contributed by atoms with Gasteiger partial charge in [-0.25, -0.2) is 0 Å². The zero-order chi connectivity index (χ0) is 24.4. The molecular weight excluding hydrogens is 434 g/mol. The van der Waals surface area contributed by atoms with E-state index in [2.05, 4.69) is 31.3 Å². The number of amides is 1. The van der Waals surface area contributed by atoms with E-state index in [9.17, 15) is 9.59 Å². The summed E-state index contributed by atoms with van der Waals surface area (Å²) in [6, 6.07) is 24.1. The van der Waals surface area contributed by atoms with Crippen molar-refractivity contribution in [2.75, 3.05) is 0 Å². The first-order valence-corrected chi connectivity index (χ1v) is 12.7. The number of rotatable bonds is 6. The van der Waals surface area contributed by atoms with Crippen LogP contribution in [0.15, 0.2) is 83.8 Å². The summed E-state index contributed by atoms with van der Waals surface area (Å²) >= 11 is 0. The summed E-state index contributed by atoms with van der Waals surface area (Å²) in [6.07, 6.45) is 6.06. The first kappa shape index (κ1) is 23.2. The highest BCUT2D eigenvalue weighted by Crippen LogP contribution is 2.25. The van der Waals surface area contributed by atoms with Crippen LogP contribution in [-0.4, -0.2) is 20.9 Å². The molecule has 35 heavy (non-hydrogen) atoms. The third kappa shape index (κ3) is 4.81. The van der Waals surface area contributed by atoms with Gasteiger partial charge in [-0.05, 0) is 60.8 Å². The highest BCUT2D eigenvalue weighted by atomic mass is 16.2. The van der Waals surface area contributed by atoms with E-state index in [-0.39, 0.29) is 23.4 Å². The van der Waals surface area contributed by atoms with E-state index < -0.39 is 0 Å². The maximum atomic E-state index is 13.8. The predicted molar refractivity (Wildman–Crippen MR) is 141 cm³/mol. The van der Waals surface area contributed by atoms with Crippen molar-refractivity contribution in [1.29, 1.82) is 0 Å². The molecule has 5 heteroatoms. The molecule has 1 fully saturated rings. The highest BCUT2D eigenvalue weighted by molar-refractivity contribution is 5.93. The minimum atomic E-state index is -0.170. The average molecular weight is 468 g/mol. The quantitative estimate of drug-likeness (QED) is 0.385. The maximum absolute atomic E-state index is 13.8. The minimum absolute atomic E-state index is 0.0852. The van der Waals surface area contributed by atoms with E-state index in [1.807, 2.05) is 71.3 Å². The van der Waals surface area contributed by atoms with E-state index in [1.54, 1.807) is 4.57 Å². The molecule has 5 rings (SSSR count). The Labute approximate surface area is 206 Å². The van der Waals surface area contributed by atoms with Crippen LogP contribution in [0.3, 0.4) is 0 Å². The molecule has 0 aliphatic heterocycles. The summed E-state index contributed by atoms with van der Waals surface area (Å²) in [7, 11) is 0. The fourth-order valence-corrected chi connectivity index (χ4v) is 5.23. The third-order valence-corrected chi connectivity index (χ3v) is 7.40. The lowest BCUT2D eigenvalue weighted by Crippen LogP contribution is -2.40. The molecule has 1 amide bonds. The largest absolute Gasteiger partial charge is 0.348 e. The molecule has 0 bridgehead atoms. The van der Waals surface area contributed by atoms with Crippen LogP contribution >= 0.6 is 0 Å². The number of nitrogens with one attached hydrogen (secondary N) is 1. The standard InChI is InChI=1S/C30H33N3O2/c1-21-13-15-25(16-14-21)31-29(34)28-20-32-26(24-11-7-4-8-12-24)17-18-27(32)30(35)33(28)19-22(2)23-9-5-3-6-10-23/h3-12,17-18,20-22,25H,13-16,19H2,1-2H3,(H,31,34). The predicted octanol–water partition coefficient (Wildman–Crippen LogP) is 5.88. The average Bonchev–Trinajstić information content (AvgIpc) is 3.32. The minimum Gasteiger partial charge on any atom is -0.348 e. The topological polar surface area (TPSA) is 55.5 Å². The molecule has 1 saturated carbocycles. The Balaban J connectivity index is 1.57. The first-order valence-electron chi connectivity index (χ1n) is 12.7. The third-order valence-electron chi connectivity index (χ3n) is 7.40. The van der Waals surface area contributed by atoms with E-state index in [4.69, 9.17) is 0 Å². The van der Waals surface area contributed by atoms with Crippen molar-refractivity contribution in [3.8, 4) is 11.3 Å². The molecule has 1 aliphatic carbocycles. The number of hydrogen-bond donors (Lipinski definition) is 1. The van der Waals surface area contributed by atoms with Gasteiger partial charge in [-0.1, -0.05) is 74.5 Å². The van der Waals surface area contributed by atoms with Crippen molar-refractivity contribution < 1.29 is 4.79 Å². The van der Waals surface area contributed by atoms with Gasteiger partial charge in [-0.3, -0.25) is 9.59 Å². The van der Waals surface area contributed by atoms with Gasteiger partial charge in [-0.15, -0.1) is 0 Å². The lowest BCUT2D eigenvalue weighted by Gasteiger charge is -2.27. The molecule has 1 aliphatic rings. The number of nitrogens with zero attached hydrogens (tertiary/aromatic N) is 2. The molecular formula is C30H33N3O2. The SMILES string of the molecule is CC1CCC(NC(=O)c2cn3c(-c4ccccc4)ccc3c(=O)n2CC(C)c2ccccc2)CC1. The molecule has 0 radical (unpaired) electrons. The molecule has 5 nitrogen and oxygen atoms in total. The van der Waals surface area contributed by atoms with Crippen molar-refractivity contribution in [3.63, 3.8) is 0 Å². The normalized spacial score (nSPS) is 18.9. The zero-order valence-corrected chi connectivity index (χ0v) is 20.5. The first-order chi connectivity index (χ1) is 17.0. The van der Waals surface area contributed by atoms with Crippen molar-refractivity contribution >= 4 is 11.4 Å². The van der Waals surface area contributed by atoms with Gasteiger partial charge >= 0.3 is 0 Å². The fraction of sp³-hybridized carbons (Fsp3) is 0.333. The summed E-state index contributed by atoms with van der Waals surface area (Å²) in [5, 5.41) is 3.24. The van der Waals surface area contributed by atoms with Crippen molar-refractivity contribution in [1.82, 2.24) is 14.3 Å². The Hall–Kier alpha value is -3.60. The summed E-state index contributed by atoms with van der Waals surface area (Å²) in [5.41, 5.74) is 3.91. The Kier molecular flexibility index (Phi) is 6.58. The van der Waals surface area contributed by atoms with Gasteiger partial charge in [0.15, 0.2) is 0 Å². The maximum Gasteiger partial charge on any atom is 0.275 e. The van der Waals surface area contributed by atoms with Crippen LogP contribution in [0.1, 0.15) is 61.5 Å². The lowest BCUT2D eigenvalue weighted by molar-refractivity contribution is 0.0911. The molecule has 0 spiro atoms. The Bertz CT molecular complexity index is 1360. The smallest absolute Gasteiger partial charge is 0.275 e. The molecule has 1 atom stereocenters. The van der Waals surface area contributed by atoms with Crippen LogP contribution in [0, 0.1) is 5.92 Å². The molecule has 4 aromatic rings. The summed E-state index contributed by atoms with van der Waals surface area (Å²) < 4.78 is 3.54. The van der Waals surface area contributed by atoms with Gasteiger partial charge in [0.1, 0.15) is 11.2 Å². The van der Waals surface area contributed by atoms with Gasteiger partial charge in [0, 0.05) is 18.8 Å². The van der Waals surface area contributed by atoms with Crippen molar-refractivity contribution in [2.45, 2.75) is 58.0 Å². The lowest BCUT2D eigenvalue weighted by atomic mass is 9.87. The molecule has 1 unspecified atom stereocenters. The summed E-state index contributed by atoms with van der Waals surface area (Å²) in [4.78, 5) is 27.4. The van der Waals surface area contributed by atoms with Gasteiger partial charge < -0.3 is 14.3 Å². The second-order valence-electron chi connectivity index (χ2n) is 10.0. The molecule has 0 saturated heterocycles. The van der Waals surface area contributed by atoms with Crippen molar-refractivity contribution in [2.24, 2.45) is 5.92 Å². The second-order valence-corrected chi connectivity index (χ2v) is 10.0. The second kappa shape index (κ2) is 9.95. The molecule has 2 aromatic heterocycles. The molecule has 1 N–H and O–H groups in total. The number of benzene rings is 2. The van der Waals surface area contributed by atoms with Crippen LogP contribution < -0.4 is 10.9 Å². The molecule has 180 valence electrons. The van der Waals surface area contributed by atoms with Crippen LogP contribution in [-0.2, 0) is 6.54 Å². The van der Waals surface area contributed by atoms with Gasteiger partial charge in [0.25, 0.3) is 11.5 Å². The van der Waals surface area contributed by atoms with E-state index in [0.717, 1.165) is 42.5 Å². The Morgan fingerprint density at radius 3 is 2.29 bits per heavy atom. The highest BCUT2D eigenvalue weighted by Gasteiger charge is 2.24. The molecule has 2 heterocycles. The van der Waals surface area contributed by atoms with Crippen LogP contribution in [0.4, 0.5) is 0 Å². The summed E-state index contributed by atoms with van der Waals surface area (Å²) in [5.74, 6) is 0.622. The van der Waals surface area contributed by atoms with Gasteiger partial charge in [0.05, 0.1) is 5.69 Å². The molecule has 2 aromatic carbocycles. The van der Waals surface area contributed by atoms with Gasteiger partial charge in [-0.2, -0.15) is 0 Å². The fourth-order valence-electron chi connectivity index (χ4n) is 5.23. The Morgan fingerprint density at radius 2 is 1.60 bits per heavy atom. The summed E-state index contributed by atoms with van der Waals surface area (Å²) in [6.45, 7) is 4.81. The van der Waals surface area contributed by atoms with Crippen LogP contribution in [0.5, 0.6) is 0 Å². The number of hydrogen-bond acceptors (Lipinski definition) is 2. The van der Waals surface area contributed by atoms with Crippen LogP contribution in [0.2, 0.25) is 0 Å².